The van der Waals surface area contributed by atoms with E-state index in [1.807, 2.05) is 31.0 Å². The van der Waals surface area contributed by atoms with E-state index in [4.69, 9.17) is 4.42 Å². The number of aromatic nitrogens is 1. The summed E-state index contributed by atoms with van der Waals surface area (Å²) in [5, 5.41) is 1.95. The number of hydrogen-bond donors (Lipinski definition) is 1. The summed E-state index contributed by atoms with van der Waals surface area (Å²) in [6.45, 7) is 5.66. The Morgan fingerprint density at radius 1 is 1.43 bits per heavy atom. The normalized spacial score (nSPS) is 20.0. The van der Waals surface area contributed by atoms with E-state index < -0.39 is 24.7 Å². The molecule has 0 radical (unpaired) electrons. The summed E-state index contributed by atoms with van der Waals surface area (Å²) in [6.07, 6.45) is -1.44. The Morgan fingerprint density at radius 3 is 2.70 bits per heavy atom. The number of amides is 1. The Labute approximate surface area is 133 Å². The highest BCUT2D eigenvalue weighted by Crippen LogP contribution is 2.25. The van der Waals surface area contributed by atoms with Crippen LogP contribution in [-0.4, -0.2) is 41.1 Å². The van der Waals surface area contributed by atoms with Crippen molar-refractivity contribution in [2.75, 3.05) is 13.1 Å². The molecule has 2 heterocycles. The van der Waals surface area contributed by atoms with Crippen LogP contribution in [0, 0.1) is 0 Å². The first-order valence-corrected chi connectivity index (χ1v) is 7.60. The average molecular weight is 333 g/mol. The van der Waals surface area contributed by atoms with Crippen LogP contribution in [0.3, 0.4) is 0 Å². The van der Waals surface area contributed by atoms with Gasteiger partial charge in [0.05, 0.1) is 18.8 Å². The third-order valence-corrected chi connectivity index (χ3v) is 3.76. The van der Waals surface area contributed by atoms with Crippen LogP contribution in [0.1, 0.15) is 45.3 Å². The molecule has 1 fully saturated rings. The van der Waals surface area contributed by atoms with Gasteiger partial charge in [-0.3, -0.25) is 9.69 Å². The second-order valence-electron chi connectivity index (χ2n) is 6.83. The highest BCUT2D eigenvalue weighted by molar-refractivity contribution is 5.82. The molecule has 1 amide bonds. The third kappa shape index (κ3) is 4.95. The van der Waals surface area contributed by atoms with Crippen LogP contribution >= 0.6 is 0 Å². The van der Waals surface area contributed by atoms with Crippen LogP contribution in [0.25, 0.3) is 0 Å². The van der Waals surface area contributed by atoms with E-state index >= 15 is 0 Å². The molecule has 1 atom stereocenters. The minimum atomic E-state index is -4.40. The van der Waals surface area contributed by atoms with E-state index in [0.717, 1.165) is 12.2 Å². The van der Waals surface area contributed by atoms with E-state index in [9.17, 15) is 18.0 Å². The van der Waals surface area contributed by atoms with Gasteiger partial charge in [-0.25, -0.2) is 4.98 Å². The molecular weight excluding hydrogens is 311 g/mol. The van der Waals surface area contributed by atoms with Gasteiger partial charge in [-0.15, -0.1) is 0 Å². The molecule has 1 N–H and O–H groups in total. The van der Waals surface area contributed by atoms with Gasteiger partial charge in [0.25, 0.3) is 0 Å². The maximum Gasteiger partial charge on any atom is 0.405 e. The van der Waals surface area contributed by atoms with Crippen molar-refractivity contribution >= 4 is 5.91 Å². The number of alkyl halides is 3. The number of hydrogen-bond acceptors (Lipinski definition) is 4. The summed E-state index contributed by atoms with van der Waals surface area (Å²) in [7, 11) is 0. The van der Waals surface area contributed by atoms with E-state index in [0.29, 0.717) is 25.4 Å². The lowest BCUT2D eigenvalue weighted by Crippen LogP contribution is -2.45. The molecule has 8 heteroatoms. The maximum absolute atomic E-state index is 12.2. The van der Waals surface area contributed by atoms with Crippen molar-refractivity contribution < 1.29 is 22.4 Å². The van der Waals surface area contributed by atoms with Gasteiger partial charge in [-0.05, 0) is 19.4 Å². The molecule has 5 nitrogen and oxygen atoms in total. The molecule has 0 unspecified atom stereocenters. The molecule has 0 saturated carbocycles. The fraction of sp³-hybridized carbons (Fsp3) is 0.733. The Hall–Kier alpha value is -1.57. The first-order valence-electron chi connectivity index (χ1n) is 7.60. The molecule has 0 aromatic carbocycles. The monoisotopic (exact) mass is 333 g/mol. The number of carbonyl (C=O) groups excluding carboxylic acids is 1. The number of halogens is 3. The van der Waals surface area contributed by atoms with Gasteiger partial charge in [-0.2, -0.15) is 13.2 Å². The molecule has 2 rings (SSSR count). The highest BCUT2D eigenvalue weighted by atomic mass is 19.4. The predicted molar refractivity (Wildman–Crippen MR) is 77.7 cm³/mol. The summed E-state index contributed by atoms with van der Waals surface area (Å²) < 4.78 is 42.3. The molecule has 0 spiro atoms. The maximum atomic E-state index is 12.2. The standard InChI is InChI=1S/C15H22F3N3O2/c1-14(2,3)11-7-19-12(23-11)8-21-6-4-5-10(21)13(22)20-9-15(16,17)18/h7,10H,4-6,8-9H2,1-3H3,(H,20,22)/t10-/m0/s1. The first-order chi connectivity index (χ1) is 10.6. The lowest BCUT2D eigenvalue weighted by atomic mass is 9.94. The molecular formula is C15H22F3N3O2. The van der Waals surface area contributed by atoms with Gasteiger partial charge >= 0.3 is 6.18 Å². The van der Waals surface area contributed by atoms with Crippen LogP contribution in [0.2, 0.25) is 0 Å². The molecule has 0 aliphatic carbocycles. The van der Waals surface area contributed by atoms with Crippen molar-refractivity contribution in [3.05, 3.63) is 17.8 Å². The summed E-state index contributed by atoms with van der Waals surface area (Å²) in [5.74, 6) is 0.623. The van der Waals surface area contributed by atoms with E-state index in [1.54, 1.807) is 6.20 Å². The Bertz CT molecular complexity index is 549. The smallest absolute Gasteiger partial charge is 0.405 e. The molecule has 23 heavy (non-hydrogen) atoms. The largest absolute Gasteiger partial charge is 0.444 e. The number of likely N-dealkylation sites (tertiary alicyclic amines) is 1. The van der Waals surface area contributed by atoms with Crippen molar-refractivity contribution in [1.82, 2.24) is 15.2 Å². The number of rotatable bonds is 4. The van der Waals surface area contributed by atoms with Crippen molar-refractivity contribution in [2.45, 2.75) is 57.8 Å². The Morgan fingerprint density at radius 2 is 2.13 bits per heavy atom. The molecule has 130 valence electrons. The van der Waals surface area contributed by atoms with Crippen LogP contribution in [0.4, 0.5) is 13.2 Å². The summed E-state index contributed by atoms with van der Waals surface area (Å²) in [4.78, 5) is 18.0. The number of nitrogens with one attached hydrogen (secondary N) is 1. The van der Waals surface area contributed by atoms with Gasteiger partial charge in [-0.1, -0.05) is 20.8 Å². The fourth-order valence-corrected chi connectivity index (χ4v) is 2.52. The lowest BCUT2D eigenvalue weighted by molar-refractivity contribution is -0.141. The first kappa shape index (κ1) is 17.8. The van der Waals surface area contributed by atoms with Crippen LogP contribution in [0.15, 0.2) is 10.6 Å². The molecule has 1 aliphatic rings. The topological polar surface area (TPSA) is 58.4 Å². The van der Waals surface area contributed by atoms with Gasteiger partial charge in [0.1, 0.15) is 12.3 Å². The zero-order valence-electron chi connectivity index (χ0n) is 13.5. The molecule has 0 bridgehead atoms. The average Bonchev–Trinajstić information content (AvgIpc) is 3.04. The quantitative estimate of drug-likeness (QED) is 0.920. The second-order valence-corrected chi connectivity index (χ2v) is 6.83. The number of carbonyl (C=O) groups is 1. The van der Waals surface area contributed by atoms with Crippen LogP contribution in [0.5, 0.6) is 0 Å². The summed E-state index contributed by atoms with van der Waals surface area (Å²) in [5.41, 5.74) is -0.167. The summed E-state index contributed by atoms with van der Waals surface area (Å²) in [6, 6.07) is -0.567. The second kappa shape index (κ2) is 6.51. The number of nitrogens with zero attached hydrogens (tertiary/aromatic N) is 2. The summed E-state index contributed by atoms with van der Waals surface area (Å²) >= 11 is 0. The van der Waals surface area contributed by atoms with E-state index in [1.165, 1.54) is 0 Å². The van der Waals surface area contributed by atoms with Gasteiger partial charge in [0.15, 0.2) is 0 Å². The Balaban J connectivity index is 1.96. The zero-order chi connectivity index (χ0) is 17.3. The minimum Gasteiger partial charge on any atom is -0.444 e. The predicted octanol–water partition coefficient (Wildman–Crippen LogP) is 2.62. The number of oxazole rings is 1. The SMILES string of the molecule is CC(C)(C)c1cnc(CN2CCC[C@H]2C(=O)NCC(F)(F)F)o1. The minimum absolute atomic E-state index is 0.167. The van der Waals surface area contributed by atoms with E-state index in [2.05, 4.69) is 4.98 Å². The highest BCUT2D eigenvalue weighted by Gasteiger charge is 2.34. The lowest BCUT2D eigenvalue weighted by Gasteiger charge is -2.22. The van der Waals surface area contributed by atoms with Gasteiger partial charge < -0.3 is 9.73 Å². The van der Waals surface area contributed by atoms with E-state index in [-0.39, 0.29) is 5.41 Å². The van der Waals surface area contributed by atoms with Crippen LogP contribution in [-0.2, 0) is 16.8 Å². The van der Waals surface area contributed by atoms with Gasteiger partial charge in [0.2, 0.25) is 11.8 Å². The molecule has 1 aromatic heterocycles. The van der Waals surface area contributed by atoms with Crippen LogP contribution < -0.4 is 5.32 Å². The molecule has 1 saturated heterocycles. The zero-order valence-corrected chi connectivity index (χ0v) is 13.5. The van der Waals surface area contributed by atoms with Crippen molar-refractivity contribution in [3.8, 4) is 0 Å². The third-order valence-electron chi connectivity index (χ3n) is 3.76. The molecule has 1 aliphatic heterocycles. The van der Waals surface area contributed by atoms with Crippen molar-refractivity contribution in [2.24, 2.45) is 0 Å². The van der Waals surface area contributed by atoms with Gasteiger partial charge in [0, 0.05) is 5.41 Å². The fourth-order valence-electron chi connectivity index (χ4n) is 2.52. The molecule has 1 aromatic rings. The Kier molecular flexibility index (Phi) is 5.03. The van der Waals surface area contributed by atoms with Crippen molar-refractivity contribution in [3.63, 3.8) is 0 Å². The van der Waals surface area contributed by atoms with Crippen molar-refractivity contribution in [1.29, 1.82) is 0 Å².